The van der Waals surface area contributed by atoms with E-state index >= 15 is 0 Å². The third-order valence-electron chi connectivity index (χ3n) is 4.50. The van der Waals surface area contributed by atoms with E-state index in [9.17, 15) is 4.79 Å². The summed E-state index contributed by atoms with van der Waals surface area (Å²) in [6.45, 7) is 7.91. The highest BCUT2D eigenvalue weighted by molar-refractivity contribution is 5.94. The molecule has 0 radical (unpaired) electrons. The lowest BCUT2D eigenvalue weighted by atomic mass is 10.1. The Kier molecular flexibility index (Phi) is 13.3. The molecule has 1 amide bonds. The van der Waals surface area contributed by atoms with Gasteiger partial charge in [-0.2, -0.15) is 15.0 Å². The Labute approximate surface area is 206 Å². The zero-order chi connectivity index (χ0) is 25.3. The van der Waals surface area contributed by atoms with E-state index in [1.807, 2.05) is 26.0 Å². The van der Waals surface area contributed by atoms with Crippen molar-refractivity contribution in [3.8, 4) is 0 Å². The molecule has 0 atom stereocenters. The quantitative estimate of drug-likeness (QED) is 0.164. The molecular weight excluding hydrogens is 452 g/mol. The molecule has 0 saturated carbocycles. The fraction of sp³-hybridized carbons (Fsp3) is 0.565. The van der Waals surface area contributed by atoms with E-state index in [0.29, 0.717) is 82.4 Å². The molecule has 1 aromatic carbocycles. The maximum absolute atomic E-state index is 12.3. The number of ether oxygens (including phenoxy) is 2. The second-order valence-corrected chi connectivity index (χ2v) is 7.93. The van der Waals surface area contributed by atoms with Gasteiger partial charge in [0.05, 0.1) is 26.4 Å². The average molecular weight is 491 g/mol. The molecule has 0 saturated heterocycles. The first kappa shape index (κ1) is 28.2. The molecule has 2 aromatic rings. The Morgan fingerprint density at radius 1 is 0.943 bits per heavy atom. The number of nitrogens with zero attached hydrogens (tertiary/aromatic N) is 3. The van der Waals surface area contributed by atoms with Gasteiger partial charge in [-0.1, -0.05) is 12.1 Å². The standard InChI is InChI=1S/C23H38N8O4/c1-17(2)28-23-30-21(26-9-3-11-32)29-22(31-23)27-16-18-4-6-19(7-5-18)20(33)25-10-13-35-15-14-34-12-8-24/h4-7,17,32H,3,8-16,24H2,1-2H3,(H,25,33)(H3,26,27,28,29,30,31). The van der Waals surface area contributed by atoms with Crippen molar-refractivity contribution in [1.29, 1.82) is 0 Å². The topological polar surface area (TPSA) is 169 Å². The summed E-state index contributed by atoms with van der Waals surface area (Å²) in [5, 5.41) is 21.3. The van der Waals surface area contributed by atoms with Gasteiger partial charge < -0.3 is 41.6 Å². The number of anilines is 3. The number of rotatable bonds is 18. The molecule has 12 nitrogen and oxygen atoms in total. The molecule has 0 aliphatic rings. The van der Waals surface area contributed by atoms with Crippen molar-refractivity contribution in [1.82, 2.24) is 20.3 Å². The van der Waals surface area contributed by atoms with Gasteiger partial charge in [-0.15, -0.1) is 0 Å². The van der Waals surface area contributed by atoms with Crippen LogP contribution in [0.2, 0.25) is 0 Å². The number of hydrogen-bond acceptors (Lipinski definition) is 11. The molecule has 12 heteroatoms. The molecule has 0 bridgehead atoms. The molecule has 0 unspecified atom stereocenters. The van der Waals surface area contributed by atoms with Gasteiger partial charge in [0.25, 0.3) is 5.91 Å². The number of hydrogen-bond donors (Lipinski definition) is 6. The van der Waals surface area contributed by atoms with Crippen LogP contribution in [-0.4, -0.2) is 84.7 Å². The molecule has 2 rings (SSSR count). The lowest BCUT2D eigenvalue weighted by Gasteiger charge is -2.13. The average Bonchev–Trinajstić information content (AvgIpc) is 2.84. The molecule has 0 spiro atoms. The van der Waals surface area contributed by atoms with Crippen molar-refractivity contribution in [2.45, 2.75) is 32.9 Å². The Balaban J connectivity index is 1.82. The zero-order valence-corrected chi connectivity index (χ0v) is 20.5. The van der Waals surface area contributed by atoms with Gasteiger partial charge in [0, 0.05) is 44.4 Å². The molecular formula is C23H38N8O4. The summed E-state index contributed by atoms with van der Waals surface area (Å²) in [6.07, 6.45) is 0.596. The highest BCUT2D eigenvalue weighted by atomic mass is 16.5. The van der Waals surface area contributed by atoms with Gasteiger partial charge in [-0.3, -0.25) is 4.79 Å². The molecule has 0 aliphatic carbocycles. The van der Waals surface area contributed by atoms with Crippen LogP contribution in [-0.2, 0) is 16.0 Å². The normalized spacial score (nSPS) is 10.9. The number of aliphatic hydroxyl groups is 1. The summed E-state index contributed by atoms with van der Waals surface area (Å²) < 4.78 is 10.6. The minimum atomic E-state index is -0.159. The molecule has 35 heavy (non-hydrogen) atoms. The first-order valence-electron chi connectivity index (χ1n) is 11.9. The Morgan fingerprint density at radius 2 is 1.60 bits per heavy atom. The van der Waals surface area contributed by atoms with Crippen molar-refractivity contribution in [3.05, 3.63) is 35.4 Å². The summed E-state index contributed by atoms with van der Waals surface area (Å²) in [7, 11) is 0. The van der Waals surface area contributed by atoms with E-state index in [1.54, 1.807) is 12.1 Å². The number of amides is 1. The van der Waals surface area contributed by atoms with Gasteiger partial charge in [-0.25, -0.2) is 0 Å². The van der Waals surface area contributed by atoms with Crippen molar-refractivity contribution < 1.29 is 19.4 Å². The van der Waals surface area contributed by atoms with Crippen LogP contribution in [0.1, 0.15) is 36.2 Å². The summed E-state index contributed by atoms with van der Waals surface area (Å²) >= 11 is 0. The maximum atomic E-state index is 12.3. The first-order chi connectivity index (χ1) is 17.0. The van der Waals surface area contributed by atoms with Crippen LogP contribution in [0.3, 0.4) is 0 Å². The summed E-state index contributed by atoms with van der Waals surface area (Å²) in [4.78, 5) is 25.5. The van der Waals surface area contributed by atoms with E-state index in [0.717, 1.165) is 5.56 Å². The van der Waals surface area contributed by atoms with Crippen LogP contribution in [0.4, 0.5) is 17.8 Å². The minimum Gasteiger partial charge on any atom is -0.396 e. The summed E-state index contributed by atoms with van der Waals surface area (Å²) in [5.74, 6) is 1.15. The molecule has 7 N–H and O–H groups in total. The number of carbonyl (C=O) groups excluding carboxylic acids is 1. The second-order valence-electron chi connectivity index (χ2n) is 7.93. The molecule has 194 valence electrons. The third-order valence-corrected chi connectivity index (χ3v) is 4.50. The lowest BCUT2D eigenvalue weighted by molar-refractivity contribution is 0.0511. The van der Waals surface area contributed by atoms with Gasteiger partial charge >= 0.3 is 0 Å². The Hall–Kier alpha value is -3.06. The number of aliphatic hydroxyl groups excluding tert-OH is 1. The van der Waals surface area contributed by atoms with E-state index in [2.05, 4.69) is 36.2 Å². The van der Waals surface area contributed by atoms with E-state index in [1.165, 1.54) is 0 Å². The van der Waals surface area contributed by atoms with E-state index < -0.39 is 0 Å². The maximum Gasteiger partial charge on any atom is 0.251 e. The largest absolute Gasteiger partial charge is 0.396 e. The fourth-order valence-corrected chi connectivity index (χ4v) is 2.84. The Bertz CT molecular complexity index is 867. The van der Waals surface area contributed by atoms with Crippen LogP contribution < -0.4 is 27.0 Å². The van der Waals surface area contributed by atoms with E-state index in [-0.39, 0.29) is 18.6 Å². The number of carbonyl (C=O) groups is 1. The van der Waals surface area contributed by atoms with Gasteiger partial charge in [0.1, 0.15) is 0 Å². The number of aromatic nitrogens is 3. The van der Waals surface area contributed by atoms with E-state index in [4.69, 9.17) is 20.3 Å². The number of nitrogens with one attached hydrogen (secondary N) is 4. The highest BCUT2D eigenvalue weighted by Crippen LogP contribution is 2.12. The van der Waals surface area contributed by atoms with Crippen molar-refractivity contribution in [2.24, 2.45) is 5.73 Å². The lowest BCUT2D eigenvalue weighted by Crippen LogP contribution is -2.27. The third kappa shape index (κ3) is 11.8. The van der Waals surface area contributed by atoms with Crippen LogP contribution in [0.15, 0.2) is 24.3 Å². The van der Waals surface area contributed by atoms with Crippen molar-refractivity contribution >= 4 is 23.8 Å². The second kappa shape index (κ2) is 16.5. The highest BCUT2D eigenvalue weighted by Gasteiger charge is 2.09. The van der Waals surface area contributed by atoms with Crippen LogP contribution in [0, 0.1) is 0 Å². The first-order valence-corrected chi connectivity index (χ1v) is 11.9. The molecule has 0 fully saturated rings. The molecule has 1 heterocycles. The van der Waals surface area contributed by atoms with Crippen molar-refractivity contribution in [3.63, 3.8) is 0 Å². The smallest absolute Gasteiger partial charge is 0.251 e. The monoisotopic (exact) mass is 490 g/mol. The molecule has 1 aromatic heterocycles. The summed E-state index contributed by atoms with van der Waals surface area (Å²) in [6, 6.07) is 7.46. The van der Waals surface area contributed by atoms with Gasteiger partial charge in [0.15, 0.2) is 0 Å². The Morgan fingerprint density at radius 3 is 2.26 bits per heavy atom. The van der Waals surface area contributed by atoms with Gasteiger partial charge in [-0.05, 0) is 38.0 Å². The fourth-order valence-electron chi connectivity index (χ4n) is 2.84. The molecule has 0 aliphatic heterocycles. The number of benzene rings is 1. The SMILES string of the molecule is CC(C)Nc1nc(NCCCO)nc(NCc2ccc(C(=O)NCCOCCOCCN)cc2)n1. The van der Waals surface area contributed by atoms with Crippen molar-refractivity contribution in [2.75, 3.05) is 68.6 Å². The zero-order valence-electron chi connectivity index (χ0n) is 20.5. The predicted octanol–water partition coefficient (Wildman–Crippen LogP) is 0.820. The van der Waals surface area contributed by atoms with Crippen LogP contribution >= 0.6 is 0 Å². The summed E-state index contributed by atoms with van der Waals surface area (Å²) in [5.41, 5.74) is 6.88. The van der Waals surface area contributed by atoms with Gasteiger partial charge in [0.2, 0.25) is 17.8 Å². The number of nitrogens with two attached hydrogens (primary N) is 1. The van der Waals surface area contributed by atoms with Crippen LogP contribution in [0.25, 0.3) is 0 Å². The van der Waals surface area contributed by atoms with Crippen LogP contribution in [0.5, 0.6) is 0 Å². The minimum absolute atomic E-state index is 0.0904. The predicted molar refractivity (Wildman–Crippen MR) is 136 cm³/mol.